The summed E-state index contributed by atoms with van der Waals surface area (Å²) in [6.45, 7) is 9.92. The number of aryl methyl sites for hydroxylation is 1. The molecular weight excluding hydrogens is 386 g/mol. The van der Waals surface area contributed by atoms with Crippen LogP contribution in [-0.4, -0.2) is 39.7 Å². The second-order valence-electron chi connectivity index (χ2n) is 7.13. The molecule has 0 bridgehead atoms. The molecule has 0 spiro atoms. The van der Waals surface area contributed by atoms with E-state index in [-0.39, 0.29) is 5.91 Å². The number of rotatable bonds is 9. The van der Waals surface area contributed by atoms with E-state index in [4.69, 9.17) is 0 Å². The zero-order valence-electron chi connectivity index (χ0n) is 17.8. The van der Waals surface area contributed by atoms with E-state index < -0.39 is 16.1 Å². The molecule has 6 nitrogen and oxygen atoms in total. The quantitative estimate of drug-likeness (QED) is 0.680. The van der Waals surface area contributed by atoms with Crippen LogP contribution < -0.4 is 14.5 Å². The van der Waals surface area contributed by atoms with Crippen molar-refractivity contribution in [3.63, 3.8) is 0 Å². The van der Waals surface area contributed by atoms with Crippen LogP contribution in [0.2, 0.25) is 0 Å². The van der Waals surface area contributed by atoms with Gasteiger partial charge in [-0.05, 0) is 63.1 Å². The zero-order valence-corrected chi connectivity index (χ0v) is 18.7. The fraction of sp³-hybridized carbons (Fsp3) is 0.409. The highest BCUT2D eigenvalue weighted by Gasteiger charge is 2.29. The lowest BCUT2D eigenvalue weighted by Gasteiger charge is -2.28. The fourth-order valence-electron chi connectivity index (χ4n) is 3.32. The average molecular weight is 418 g/mol. The Labute approximate surface area is 174 Å². The van der Waals surface area contributed by atoms with Gasteiger partial charge in [0.25, 0.3) is 0 Å². The first-order chi connectivity index (χ1) is 13.7. The number of amides is 1. The summed E-state index contributed by atoms with van der Waals surface area (Å²) in [5.41, 5.74) is 3.51. The molecule has 0 saturated heterocycles. The number of benzene rings is 2. The maximum absolute atomic E-state index is 12.7. The topological polar surface area (TPSA) is 69.7 Å². The van der Waals surface area contributed by atoms with E-state index in [1.54, 1.807) is 25.1 Å². The molecule has 0 aliphatic rings. The molecule has 2 aromatic rings. The smallest absolute Gasteiger partial charge is 0.243 e. The normalized spacial score (nSPS) is 12.3. The minimum Gasteiger partial charge on any atom is -0.372 e. The van der Waals surface area contributed by atoms with E-state index in [1.807, 2.05) is 37.3 Å². The van der Waals surface area contributed by atoms with Crippen LogP contribution in [0.15, 0.2) is 48.5 Å². The van der Waals surface area contributed by atoms with E-state index in [2.05, 4.69) is 24.1 Å². The number of carbonyl (C=O) groups is 1. The number of hydrogen-bond acceptors (Lipinski definition) is 4. The lowest BCUT2D eigenvalue weighted by Crippen LogP contribution is -2.47. The van der Waals surface area contributed by atoms with Crippen LogP contribution in [0.1, 0.15) is 31.9 Å². The third kappa shape index (κ3) is 5.97. The van der Waals surface area contributed by atoms with E-state index in [0.29, 0.717) is 12.2 Å². The van der Waals surface area contributed by atoms with Gasteiger partial charge in [0.15, 0.2) is 0 Å². The molecule has 1 amide bonds. The molecule has 2 rings (SSSR count). The van der Waals surface area contributed by atoms with E-state index in [9.17, 15) is 13.2 Å². The van der Waals surface area contributed by atoms with E-state index in [1.165, 1.54) is 4.31 Å². The summed E-state index contributed by atoms with van der Waals surface area (Å²) in [6.07, 6.45) is 1.12. The summed E-state index contributed by atoms with van der Waals surface area (Å²) in [7, 11) is -3.62. The van der Waals surface area contributed by atoms with Crippen LogP contribution in [0.25, 0.3) is 0 Å². The Morgan fingerprint density at radius 1 is 1.03 bits per heavy atom. The van der Waals surface area contributed by atoms with Crippen LogP contribution in [0.3, 0.4) is 0 Å². The van der Waals surface area contributed by atoms with Crippen molar-refractivity contribution in [1.29, 1.82) is 0 Å². The van der Waals surface area contributed by atoms with Crippen molar-refractivity contribution in [1.82, 2.24) is 5.32 Å². The summed E-state index contributed by atoms with van der Waals surface area (Å²) in [6, 6.07) is 14.3. The summed E-state index contributed by atoms with van der Waals surface area (Å²) in [4.78, 5) is 15.0. The molecule has 0 heterocycles. The van der Waals surface area contributed by atoms with Gasteiger partial charge in [-0.1, -0.05) is 24.3 Å². The van der Waals surface area contributed by atoms with Gasteiger partial charge in [0.05, 0.1) is 11.9 Å². The van der Waals surface area contributed by atoms with Gasteiger partial charge in [-0.15, -0.1) is 0 Å². The second-order valence-corrected chi connectivity index (χ2v) is 8.99. The van der Waals surface area contributed by atoms with Gasteiger partial charge in [-0.2, -0.15) is 0 Å². The fourth-order valence-corrected chi connectivity index (χ4v) is 4.49. The largest absolute Gasteiger partial charge is 0.372 e. The summed E-state index contributed by atoms with van der Waals surface area (Å²) in [5, 5.41) is 2.85. The Morgan fingerprint density at radius 3 is 2.17 bits per heavy atom. The molecule has 1 atom stereocenters. The Kier molecular flexibility index (Phi) is 7.67. The molecule has 1 N–H and O–H groups in total. The number of carbonyl (C=O) groups excluding carboxylic acids is 1. The first-order valence-electron chi connectivity index (χ1n) is 9.85. The van der Waals surface area contributed by atoms with Crippen LogP contribution in [0, 0.1) is 6.92 Å². The molecule has 2 aromatic carbocycles. The maximum Gasteiger partial charge on any atom is 0.243 e. The summed E-state index contributed by atoms with van der Waals surface area (Å²) < 4.78 is 25.9. The Hall–Kier alpha value is -2.54. The van der Waals surface area contributed by atoms with Crippen molar-refractivity contribution in [3.05, 3.63) is 59.7 Å². The van der Waals surface area contributed by atoms with Gasteiger partial charge in [-0.3, -0.25) is 9.10 Å². The van der Waals surface area contributed by atoms with Gasteiger partial charge >= 0.3 is 0 Å². The van der Waals surface area contributed by atoms with Crippen molar-refractivity contribution in [2.24, 2.45) is 0 Å². The summed E-state index contributed by atoms with van der Waals surface area (Å²) in [5.74, 6) is -0.343. The molecule has 158 valence electrons. The molecule has 0 aliphatic heterocycles. The second kappa shape index (κ2) is 9.78. The van der Waals surface area contributed by atoms with Crippen molar-refractivity contribution >= 4 is 27.3 Å². The monoisotopic (exact) mass is 417 g/mol. The van der Waals surface area contributed by atoms with Crippen LogP contribution in [0.5, 0.6) is 0 Å². The minimum atomic E-state index is -3.62. The third-order valence-corrected chi connectivity index (χ3v) is 6.12. The van der Waals surface area contributed by atoms with Gasteiger partial charge < -0.3 is 10.2 Å². The van der Waals surface area contributed by atoms with Crippen LogP contribution >= 0.6 is 0 Å². The highest BCUT2D eigenvalue weighted by molar-refractivity contribution is 7.92. The van der Waals surface area contributed by atoms with Gasteiger partial charge in [0.1, 0.15) is 6.04 Å². The Morgan fingerprint density at radius 2 is 1.66 bits per heavy atom. The standard InChI is InChI=1S/C22H31N3O3S/c1-6-24(7-2)20-13-11-19(12-14-20)16-23-22(26)18(4)25(29(5,27)28)21-10-8-9-17(3)15-21/h8-15,18H,6-7,16H2,1-5H3,(H,23,26)/t18-/m0/s1. The SMILES string of the molecule is CCN(CC)c1ccc(CNC(=O)[C@H](C)N(c2cccc(C)c2)S(C)(=O)=O)cc1. The van der Waals surface area contributed by atoms with Crippen molar-refractivity contribution in [3.8, 4) is 0 Å². The van der Waals surface area contributed by atoms with Crippen molar-refractivity contribution in [2.45, 2.75) is 40.3 Å². The molecule has 0 saturated carbocycles. The number of anilines is 2. The molecule has 0 aliphatic carbocycles. The molecule has 0 radical (unpaired) electrons. The van der Waals surface area contributed by atoms with Crippen LogP contribution in [0.4, 0.5) is 11.4 Å². The first kappa shape index (κ1) is 22.7. The molecule has 0 aromatic heterocycles. The van der Waals surface area contributed by atoms with E-state index in [0.717, 1.165) is 36.2 Å². The maximum atomic E-state index is 12.7. The molecular formula is C22H31N3O3S. The van der Waals surface area contributed by atoms with Gasteiger partial charge in [0, 0.05) is 25.3 Å². The Bertz CT molecular complexity index is 923. The van der Waals surface area contributed by atoms with Crippen LogP contribution in [-0.2, 0) is 21.4 Å². The average Bonchev–Trinajstić information content (AvgIpc) is 2.67. The first-order valence-corrected chi connectivity index (χ1v) is 11.7. The minimum absolute atomic E-state index is 0.340. The lowest BCUT2D eigenvalue weighted by molar-refractivity contribution is -0.122. The van der Waals surface area contributed by atoms with Crippen molar-refractivity contribution in [2.75, 3.05) is 28.6 Å². The van der Waals surface area contributed by atoms with Gasteiger partial charge in [0.2, 0.25) is 15.9 Å². The zero-order chi connectivity index (χ0) is 21.6. The predicted molar refractivity (Wildman–Crippen MR) is 120 cm³/mol. The lowest BCUT2D eigenvalue weighted by atomic mass is 10.1. The number of nitrogens with zero attached hydrogens (tertiary/aromatic N) is 2. The van der Waals surface area contributed by atoms with E-state index >= 15 is 0 Å². The summed E-state index contributed by atoms with van der Waals surface area (Å²) >= 11 is 0. The molecule has 0 unspecified atom stereocenters. The Balaban J connectivity index is 2.10. The number of hydrogen-bond donors (Lipinski definition) is 1. The van der Waals surface area contributed by atoms with Crippen molar-refractivity contribution < 1.29 is 13.2 Å². The number of sulfonamides is 1. The molecule has 29 heavy (non-hydrogen) atoms. The predicted octanol–water partition coefficient (Wildman–Crippen LogP) is 3.31. The highest BCUT2D eigenvalue weighted by Crippen LogP contribution is 2.22. The number of nitrogens with one attached hydrogen (secondary N) is 1. The molecule has 0 fully saturated rings. The molecule has 7 heteroatoms. The van der Waals surface area contributed by atoms with Gasteiger partial charge in [-0.25, -0.2) is 8.42 Å². The highest BCUT2D eigenvalue weighted by atomic mass is 32.2. The third-order valence-electron chi connectivity index (χ3n) is 4.88.